The van der Waals surface area contributed by atoms with Gasteiger partial charge in [0.25, 0.3) is 5.91 Å². The Kier molecular flexibility index (Phi) is 4.36. The molecule has 2 atom stereocenters. The predicted octanol–water partition coefficient (Wildman–Crippen LogP) is 1.30. The number of rotatable bonds is 3. The predicted molar refractivity (Wildman–Crippen MR) is 85.2 cm³/mol. The molecule has 6 nitrogen and oxygen atoms in total. The molecular formula is C17H17N3O3. The van der Waals surface area contributed by atoms with Crippen molar-refractivity contribution in [2.75, 3.05) is 5.32 Å². The van der Waals surface area contributed by atoms with Crippen LogP contribution in [0.25, 0.3) is 0 Å². The van der Waals surface area contributed by atoms with E-state index in [2.05, 4.69) is 10.6 Å². The molecule has 1 aliphatic rings. The van der Waals surface area contributed by atoms with Crippen LogP contribution in [0, 0.1) is 0 Å². The van der Waals surface area contributed by atoms with Crippen molar-refractivity contribution >= 4 is 17.6 Å². The molecule has 6 heteroatoms. The standard InChI is InChI=1S/C17H17N3O3/c18-15-16(21)19-13-9-5-4-8-12(13)14(20-15)17(22)23-10-11-6-2-1-3-7-11/h1-9,14-15,20H,10,18H2,(H,19,21). The smallest absolute Gasteiger partial charge is 0.328 e. The molecule has 2 unspecified atom stereocenters. The van der Waals surface area contributed by atoms with Gasteiger partial charge >= 0.3 is 5.97 Å². The van der Waals surface area contributed by atoms with E-state index >= 15 is 0 Å². The van der Waals surface area contributed by atoms with E-state index in [0.29, 0.717) is 11.3 Å². The van der Waals surface area contributed by atoms with Gasteiger partial charge in [-0.3, -0.25) is 10.1 Å². The zero-order chi connectivity index (χ0) is 16.2. The number of hydrogen-bond donors (Lipinski definition) is 3. The van der Waals surface area contributed by atoms with Gasteiger partial charge < -0.3 is 15.8 Å². The van der Waals surface area contributed by atoms with Gasteiger partial charge in [-0.15, -0.1) is 0 Å². The number of ether oxygens (including phenoxy) is 1. The van der Waals surface area contributed by atoms with Gasteiger partial charge in [0, 0.05) is 11.3 Å². The minimum Gasteiger partial charge on any atom is -0.459 e. The number of hydrogen-bond acceptors (Lipinski definition) is 5. The summed E-state index contributed by atoms with van der Waals surface area (Å²) in [5.74, 6) is -0.871. The number of nitrogens with two attached hydrogens (primary N) is 1. The molecule has 4 N–H and O–H groups in total. The Morgan fingerprint density at radius 1 is 1.09 bits per heavy atom. The first-order chi connectivity index (χ1) is 11.1. The average molecular weight is 311 g/mol. The van der Waals surface area contributed by atoms with Crippen LogP contribution in [0.15, 0.2) is 54.6 Å². The third-order valence-electron chi connectivity index (χ3n) is 3.62. The molecular weight excluding hydrogens is 294 g/mol. The summed E-state index contributed by atoms with van der Waals surface area (Å²) in [6.07, 6.45) is -0.989. The molecule has 2 aromatic rings. The van der Waals surface area contributed by atoms with Crippen LogP contribution in [-0.4, -0.2) is 18.0 Å². The molecule has 0 fully saturated rings. The van der Waals surface area contributed by atoms with E-state index in [0.717, 1.165) is 5.56 Å². The van der Waals surface area contributed by atoms with Crippen LogP contribution >= 0.6 is 0 Å². The normalized spacial score (nSPS) is 20.1. The highest BCUT2D eigenvalue weighted by Crippen LogP contribution is 2.26. The SMILES string of the molecule is NC1NC(C(=O)OCc2ccccc2)c2ccccc2NC1=O. The summed E-state index contributed by atoms with van der Waals surface area (Å²) in [7, 11) is 0. The molecule has 3 rings (SSSR count). The van der Waals surface area contributed by atoms with Crippen LogP contribution < -0.4 is 16.4 Å². The maximum absolute atomic E-state index is 12.5. The molecule has 0 spiro atoms. The molecule has 0 bridgehead atoms. The Morgan fingerprint density at radius 2 is 1.78 bits per heavy atom. The molecule has 118 valence electrons. The Morgan fingerprint density at radius 3 is 2.57 bits per heavy atom. The van der Waals surface area contributed by atoms with Crippen LogP contribution in [0.5, 0.6) is 0 Å². The summed E-state index contributed by atoms with van der Waals surface area (Å²) >= 11 is 0. The van der Waals surface area contributed by atoms with Crippen LogP contribution in [0.3, 0.4) is 0 Å². The van der Waals surface area contributed by atoms with E-state index in [-0.39, 0.29) is 6.61 Å². The lowest BCUT2D eigenvalue weighted by molar-refractivity contribution is -0.148. The second kappa shape index (κ2) is 6.60. The van der Waals surface area contributed by atoms with Gasteiger partial charge in [-0.25, -0.2) is 4.79 Å². The topological polar surface area (TPSA) is 93.4 Å². The third-order valence-corrected chi connectivity index (χ3v) is 3.62. The van der Waals surface area contributed by atoms with Gasteiger partial charge in [-0.05, 0) is 11.6 Å². The van der Waals surface area contributed by atoms with Gasteiger partial charge in [-0.2, -0.15) is 0 Å². The monoisotopic (exact) mass is 311 g/mol. The fraction of sp³-hybridized carbons (Fsp3) is 0.176. The minimum absolute atomic E-state index is 0.163. The zero-order valence-electron chi connectivity index (χ0n) is 12.4. The zero-order valence-corrected chi connectivity index (χ0v) is 12.4. The van der Waals surface area contributed by atoms with Crippen molar-refractivity contribution in [3.63, 3.8) is 0 Å². The number of carbonyl (C=O) groups excluding carboxylic acids is 2. The molecule has 1 heterocycles. The van der Waals surface area contributed by atoms with Crippen molar-refractivity contribution < 1.29 is 14.3 Å². The third kappa shape index (κ3) is 3.39. The maximum Gasteiger partial charge on any atom is 0.328 e. The highest BCUT2D eigenvalue weighted by molar-refractivity contribution is 5.98. The highest BCUT2D eigenvalue weighted by Gasteiger charge is 2.32. The van der Waals surface area contributed by atoms with Crippen LogP contribution in [-0.2, 0) is 20.9 Å². The fourth-order valence-electron chi connectivity index (χ4n) is 2.43. The number of amides is 1. The second-order valence-electron chi connectivity index (χ2n) is 5.25. The lowest BCUT2D eigenvalue weighted by atomic mass is 10.1. The Hall–Kier alpha value is -2.70. The number of benzene rings is 2. The molecule has 1 amide bonds. The van der Waals surface area contributed by atoms with Crippen LogP contribution in [0.4, 0.5) is 5.69 Å². The van der Waals surface area contributed by atoms with Crippen LogP contribution in [0.1, 0.15) is 17.2 Å². The van der Waals surface area contributed by atoms with Crippen molar-refractivity contribution in [3.8, 4) is 0 Å². The summed E-state index contributed by atoms with van der Waals surface area (Å²) < 4.78 is 5.37. The summed E-state index contributed by atoms with van der Waals surface area (Å²) in [5.41, 5.74) is 7.84. The molecule has 23 heavy (non-hydrogen) atoms. The lowest BCUT2D eigenvalue weighted by Crippen LogP contribution is -2.48. The average Bonchev–Trinajstić information content (AvgIpc) is 2.71. The van der Waals surface area contributed by atoms with Gasteiger partial charge in [0.05, 0.1) is 0 Å². The van der Waals surface area contributed by atoms with Gasteiger partial charge in [0.2, 0.25) is 0 Å². The summed E-state index contributed by atoms with van der Waals surface area (Å²) in [6, 6.07) is 15.6. The Bertz CT molecular complexity index is 718. The molecule has 0 aliphatic carbocycles. The summed E-state index contributed by atoms with van der Waals surface area (Å²) in [6.45, 7) is 0.163. The second-order valence-corrected chi connectivity index (χ2v) is 5.25. The molecule has 0 saturated heterocycles. The van der Waals surface area contributed by atoms with E-state index in [1.54, 1.807) is 24.3 Å². The lowest BCUT2D eigenvalue weighted by Gasteiger charge is -2.18. The molecule has 0 saturated carbocycles. The number of anilines is 1. The number of nitrogens with one attached hydrogen (secondary N) is 2. The van der Waals surface area contributed by atoms with E-state index in [1.807, 2.05) is 30.3 Å². The Labute approximate surface area is 133 Å². The minimum atomic E-state index is -0.989. The molecule has 2 aromatic carbocycles. The van der Waals surface area contributed by atoms with Crippen LogP contribution in [0.2, 0.25) is 0 Å². The number of para-hydroxylation sites is 1. The maximum atomic E-state index is 12.5. The summed E-state index contributed by atoms with van der Waals surface area (Å²) in [5, 5.41) is 5.51. The number of carbonyl (C=O) groups is 2. The number of fused-ring (bicyclic) bond motifs is 1. The van der Waals surface area contributed by atoms with Gasteiger partial charge in [-0.1, -0.05) is 48.5 Å². The van der Waals surface area contributed by atoms with Crippen molar-refractivity contribution in [1.29, 1.82) is 0 Å². The van der Waals surface area contributed by atoms with E-state index in [9.17, 15) is 9.59 Å². The van der Waals surface area contributed by atoms with Crippen molar-refractivity contribution in [2.45, 2.75) is 18.8 Å². The first kappa shape index (κ1) is 15.2. The van der Waals surface area contributed by atoms with Gasteiger partial charge in [0.15, 0.2) is 0 Å². The summed E-state index contributed by atoms with van der Waals surface area (Å²) in [4.78, 5) is 24.3. The highest BCUT2D eigenvalue weighted by atomic mass is 16.5. The molecule has 0 aromatic heterocycles. The van der Waals surface area contributed by atoms with Crippen molar-refractivity contribution in [2.24, 2.45) is 5.73 Å². The van der Waals surface area contributed by atoms with E-state index in [1.165, 1.54) is 0 Å². The van der Waals surface area contributed by atoms with Crippen molar-refractivity contribution in [1.82, 2.24) is 5.32 Å². The van der Waals surface area contributed by atoms with Gasteiger partial charge in [0.1, 0.15) is 18.8 Å². The molecule has 1 aliphatic heterocycles. The van der Waals surface area contributed by atoms with E-state index in [4.69, 9.17) is 10.5 Å². The fourth-order valence-corrected chi connectivity index (χ4v) is 2.43. The first-order valence-electron chi connectivity index (χ1n) is 7.27. The molecule has 0 radical (unpaired) electrons. The Balaban J connectivity index is 1.80. The largest absolute Gasteiger partial charge is 0.459 e. The van der Waals surface area contributed by atoms with Crippen molar-refractivity contribution in [3.05, 3.63) is 65.7 Å². The first-order valence-corrected chi connectivity index (χ1v) is 7.27. The quantitative estimate of drug-likeness (QED) is 0.743. The van der Waals surface area contributed by atoms with E-state index < -0.39 is 24.1 Å². The number of esters is 1.